The number of fused-ring (bicyclic) bond motifs is 1. The van der Waals surface area contributed by atoms with Gasteiger partial charge in [-0.2, -0.15) is 0 Å². The van der Waals surface area contributed by atoms with Crippen LogP contribution in [0.15, 0.2) is 65.3 Å². The number of hydrogen-bond donors (Lipinski definition) is 1. The third-order valence-electron chi connectivity index (χ3n) is 4.97. The highest BCUT2D eigenvalue weighted by Gasteiger charge is 2.33. The van der Waals surface area contributed by atoms with Gasteiger partial charge < -0.3 is 24.1 Å². The Kier molecular flexibility index (Phi) is 5.93. The van der Waals surface area contributed by atoms with Gasteiger partial charge >= 0.3 is 0 Å². The van der Waals surface area contributed by atoms with Gasteiger partial charge in [0.1, 0.15) is 11.9 Å². The second-order valence-electron chi connectivity index (χ2n) is 7.09. The molecule has 0 saturated carbocycles. The van der Waals surface area contributed by atoms with Crippen molar-refractivity contribution in [1.82, 2.24) is 4.90 Å². The molecule has 2 aromatic carbocycles. The lowest BCUT2D eigenvalue weighted by atomic mass is 10.0. The highest BCUT2D eigenvalue weighted by molar-refractivity contribution is 6.01. The van der Waals surface area contributed by atoms with E-state index in [9.17, 15) is 4.79 Å². The van der Waals surface area contributed by atoms with Gasteiger partial charge in [-0.25, -0.2) is 0 Å². The number of rotatable bonds is 8. The Balaban J connectivity index is 1.72. The van der Waals surface area contributed by atoms with Gasteiger partial charge in [0.2, 0.25) is 0 Å². The maximum Gasteiger partial charge on any atom is 0.258 e. The molecule has 2 heterocycles. The lowest BCUT2D eigenvalue weighted by Gasteiger charge is -2.38. The molecule has 0 fully saturated rings. The largest absolute Gasteiger partial charge is 0.490 e. The molecule has 1 aromatic heterocycles. The minimum Gasteiger partial charge on any atom is -0.490 e. The van der Waals surface area contributed by atoms with Gasteiger partial charge in [-0.15, -0.1) is 0 Å². The second kappa shape index (κ2) is 8.95. The van der Waals surface area contributed by atoms with E-state index in [0.29, 0.717) is 36.8 Å². The second-order valence-corrected chi connectivity index (χ2v) is 7.09. The summed E-state index contributed by atoms with van der Waals surface area (Å²) in [4.78, 5) is 15.1. The molecule has 6 nitrogen and oxygen atoms in total. The molecule has 1 amide bonds. The van der Waals surface area contributed by atoms with E-state index in [-0.39, 0.29) is 12.1 Å². The maximum atomic E-state index is 13.3. The summed E-state index contributed by atoms with van der Waals surface area (Å²) in [6.07, 6.45) is 2.17. The van der Waals surface area contributed by atoms with E-state index in [1.165, 1.54) is 0 Å². The van der Waals surface area contributed by atoms with Crippen LogP contribution < -0.4 is 14.8 Å². The van der Waals surface area contributed by atoms with Crippen molar-refractivity contribution in [3.63, 3.8) is 0 Å². The van der Waals surface area contributed by atoms with Crippen LogP contribution in [-0.4, -0.2) is 24.0 Å². The number of anilines is 1. The summed E-state index contributed by atoms with van der Waals surface area (Å²) in [5, 5.41) is 3.51. The summed E-state index contributed by atoms with van der Waals surface area (Å²) in [6.45, 7) is 5.52. The first-order valence-corrected chi connectivity index (χ1v) is 10.3. The van der Waals surface area contributed by atoms with Gasteiger partial charge in [-0.1, -0.05) is 25.1 Å². The van der Waals surface area contributed by atoms with Crippen molar-refractivity contribution in [2.24, 2.45) is 0 Å². The van der Waals surface area contributed by atoms with Crippen molar-refractivity contribution < 1.29 is 18.7 Å². The van der Waals surface area contributed by atoms with E-state index >= 15 is 0 Å². The Hall–Kier alpha value is -3.41. The van der Waals surface area contributed by atoms with E-state index in [1.807, 2.05) is 61.5 Å². The number of carbonyl (C=O) groups excluding carboxylic acids is 1. The number of para-hydroxylation sites is 1. The molecule has 0 saturated heterocycles. The molecular formula is C24H26N2O4. The minimum absolute atomic E-state index is 0.0463. The number of ether oxygens (including phenoxy) is 2. The van der Waals surface area contributed by atoms with Crippen LogP contribution in [0.4, 0.5) is 5.69 Å². The van der Waals surface area contributed by atoms with Crippen molar-refractivity contribution in [2.45, 2.75) is 33.0 Å². The summed E-state index contributed by atoms with van der Waals surface area (Å²) in [7, 11) is 0. The van der Waals surface area contributed by atoms with E-state index in [0.717, 1.165) is 23.4 Å². The molecule has 4 rings (SSSR count). The molecule has 3 aromatic rings. The predicted molar refractivity (Wildman–Crippen MR) is 115 cm³/mol. The fourth-order valence-corrected chi connectivity index (χ4v) is 3.58. The maximum absolute atomic E-state index is 13.3. The van der Waals surface area contributed by atoms with Gasteiger partial charge in [-0.05, 0) is 55.3 Å². The standard InChI is InChI=1S/C24H26N2O4/c1-3-13-30-21-12-11-17(15-22(21)28-4-2)23-25-20-10-6-5-9-19(20)24(27)26(23)16-18-8-7-14-29-18/h5-12,14-15,23,25H,3-4,13,16H2,1-2H3/t23-/m0/s1. The molecule has 156 valence electrons. The molecule has 1 N–H and O–H groups in total. The van der Waals surface area contributed by atoms with Crippen LogP contribution in [0.3, 0.4) is 0 Å². The summed E-state index contributed by atoms with van der Waals surface area (Å²) >= 11 is 0. The normalized spacial score (nSPS) is 15.5. The quantitative estimate of drug-likeness (QED) is 0.555. The highest BCUT2D eigenvalue weighted by atomic mass is 16.5. The lowest BCUT2D eigenvalue weighted by Crippen LogP contribution is -2.42. The number of nitrogens with zero attached hydrogens (tertiary/aromatic N) is 1. The van der Waals surface area contributed by atoms with Crippen LogP contribution in [0.1, 0.15) is 48.1 Å². The van der Waals surface area contributed by atoms with E-state index in [4.69, 9.17) is 13.9 Å². The summed E-state index contributed by atoms with van der Waals surface area (Å²) in [6, 6.07) is 17.1. The Labute approximate surface area is 176 Å². The number of furan rings is 1. The third kappa shape index (κ3) is 3.99. The Bertz CT molecular complexity index is 1000. The molecule has 6 heteroatoms. The first-order valence-electron chi connectivity index (χ1n) is 10.3. The first kappa shape index (κ1) is 19.9. The SMILES string of the molecule is CCCOc1ccc([C@H]2Nc3ccccc3C(=O)N2Cc2ccco2)cc1OCC. The molecule has 0 bridgehead atoms. The van der Waals surface area contributed by atoms with Gasteiger partial charge in [0, 0.05) is 5.69 Å². The highest BCUT2D eigenvalue weighted by Crippen LogP contribution is 2.37. The summed E-state index contributed by atoms with van der Waals surface area (Å²) in [5.74, 6) is 2.06. The lowest BCUT2D eigenvalue weighted by molar-refractivity contribution is 0.0651. The molecule has 0 spiro atoms. The van der Waals surface area contributed by atoms with Crippen LogP contribution >= 0.6 is 0 Å². The molecule has 1 atom stereocenters. The fraction of sp³-hybridized carbons (Fsp3) is 0.292. The van der Waals surface area contributed by atoms with Crippen molar-refractivity contribution >= 4 is 11.6 Å². The first-order chi connectivity index (χ1) is 14.7. The van der Waals surface area contributed by atoms with Gasteiger partial charge in [0.15, 0.2) is 11.5 Å². The van der Waals surface area contributed by atoms with Gasteiger partial charge in [-0.3, -0.25) is 4.79 Å². The zero-order valence-corrected chi connectivity index (χ0v) is 17.3. The number of hydrogen-bond acceptors (Lipinski definition) is 5. The number of benzene rings is 2. The van der Waals surface area contributed by atoms with Crippen molar-refractivity contribution in [2.75, 3.05) is 18.5 Å². The fourth-order valence-electron chi connectivity index (χ4n) is 3.58. The Morgan fingerprint density at radius 3 is 2.67 bits per heavy atom. The smallest absolute Gasteiger partial charge is 0.258 e. The molecule has 0 radical (unpaired) electrons. The monoisotopic (exact) mass is 406 g/mol. The molecule has 30 heavy (non-hydrogen) atoms. The molecule has 0 unspecified atom stereocenters. The molecule has 1 aliphatic heterocycles. The average molecular weight is 406 g/mol. The van der Waals surface area contributed by atoms with Crippen molar-refractivity contribution in [1.29, 1.82) is 0 Å². The van der Waals surface area contributed by atoms with Gasteiger partial charge in [0.25, 0.3) is 5.91 Å². The van der Waals surface area contributed by atoms with Crippen molar-refractivity contribution in [3.05, 3.63) is 77.7 Å². The summed E-state index contributed by atoms with van der Waals surface area (Å²) < 4.78 is 17.2. The van der Waals surface area contributed by atoms with Crippen LogP contribution in [0.25, 0.3) is 0 Å². The van der Waals surface area contributed by atoms with Crippen LogP contribution in [0.2, 0.25) is 0 Å². The van der Waals surface area contributed by atoms with Crippen LogP contribution in [0.5, 0.6) is 11.5 Å². The third-order valence-corrected chi connectivity index (χ3v) is 4.97. The number of nitrogens with one attached hydrogen (secondary N) is 1. The van der Waals surface area contributed by atoms with Crippen LogP contribution in [-0.2, 0) is 6.54 Å². The topological polar surface area (TPSA) is 63.9 Å². The minimum atomic E-state index is -0.364. The Morgan fingerprint density at radius 2 is 1.90 bits per heavy atom. The van der Waals surface area contributed by atoms with E-state index in [1.54, 1.807) is 11.2 Å². The molecule has 0 aliphatic carbocycles. The number of carbonyl (C=O) groups is 1. The van der Waals surface area contributed by atoms with E-state index in [2.05, 4.69) is 12.2 Å². The molecular weight excluding hydrogens is 380 g/mol. The van der Waals surface area contributed by atoms with Crippen molar-refractivity contribution in [3.8, 4) is 11.5 Å². The molecule has 1 aliphatic rings. The zero-order valence-electron chi connectivity index (χ0n) is 17.3. The van der Waals surface area contributed by atoms with Crippen LogP contribution in [0, 0.1) is 0 Å². The van der Waals surface area contributed by atoms with E-state index < -0.39 is 0 Å². The number of amides is 1. The predicted octanol–water partition coefficient (Wildman–Crippen LogP) is 5.23. The summed E-state index contributed by atoms with van der Waals surface area (Å²) in [5.41, 5.74) is 2.37. The average Bonchev–Trinajstić information content (AvgIpc) is 3.28. The van der Waals surface area contributed by atoms with Gasteiger partial charge in [0.05, 0.1) is 31.6 Å². The zero-order chi connectivity index (χ0) is 20.9. The Morgan fingerprint density at radius 1 is 1.03 bits per heavy atom.